The highest BCUT2D eigenvalue weighted by Crippen LogP contribution is 2.26. The van der Waals surface area contributed by atoms with Gasteiger partial charge in [0.05, 0.1) is 18.5 Å². The van der Waals surface area contributed by atoms with E-state index < -0.39 is 5.97 Å². The average molecular weight is 302 g/mol. The molecule has 0 unspecified atom stereocenters. The SMILES string of the molecule is CCOC(=O)c1cnn2ccc(-c3ccccc3Cl)nc12. The van der Waals surface area contributed by atoms with E-state index in [1.807, 2.05) is 18.2 Å². The first-order valence-corrected chi connectivity index (χ1v) is 6.85. The highest BCUT2D eigenvalue weighted by Gasteiger charge is 2.16. The number of halogens is 1. The fourth-order valence-electron chi connectivity index (χ4n) is 2.04. The summed E-state index contributed by atoms with van der Waals surface area (Å²) in [6.07, 6.45) is 3.19. The minimum Gasteiger partial charge on any atom is -0.462 e. The summed E-state index contributed by atoms with van der Waals surface area (Å²) in [6, 6.07) is 9.21. The lowest BCUT2D eigenvalue weighted by molar-refractivity contribution is 0.0528. The molecule has 0 saturated heterocycles. The minimum absolute atomic E-state index is 0.306. The highest BCUT2D eigenvalue weighted by molar-refractivity contribution is 6.33. The lowest BCUT2D eigenvalue weighted by Gasteiger charge is -2.04. The Balaban J connectivity index is 2.13. The molecule has 0 saturated carbocycles. The standard InChI is InChI=1S/C15H12ClN3O2/c1-2-21-15(20)11-9-17-19-8-7-13(18-14(11)19)10-5-3-4-6-12(10)16/h3-9H,2H2,1H3. The summed E-state index contributed by atoms with van der Waals surface area (Å²) < 4.78 is 6.54. The summed E-state index contributed by atoms with van der Waals surface area (Å²) in [4.78, 5) is 16.4. The van der Waals surface area contributed by atoms with E-state index >= 15 is 0 Å². The zero-order valence-electron chi connectivity index (χ0n) is 11.3. The molecule has 0 spiro atoms. The normalized spacial score (nSPS) is 10.8. The van der Waals surface area contributed by atoms with Crippen LogP contribution in [0.1, 0.15) is 17.3 Å². The topological polar surface area (TPSA) is 56.5 Å². The van der Waals surface area contributed by atoms with Gasteiger partial charge in [-0.05, 0) is 19.1 Å². The maximum absolute atomic E-state index is 11.9. The van der Waals surface area contributed by atoms with Gasteiger partial charge in [-0.2, -0.15) is 5.10 Å². The molecule has 0 N–H and O–H groups in total. The number of aromatic nitrogens is 3. The van der Waals surface area contributed by atoms with Gasteiger partial charge in [0.2, 0.25) is 0 Å². The van der Waals surface area contributed by atoms with Crippen LogP contribution in [0.2, 0.25) is 5.02 Å². The molecule has 0 aliphatic carbocycles. The smallest absolute Gasteiger partial charge is 0.343 e. The van der Waals surface area contributed by atoms with Gasteiger partial charge in [0.25, 0.3) is 0 Å². The minimum atomic E-state index is -0.434. The van der Waals surface area contributed by atoms with Crippen molar-refractivity contribution in [1.82, 2.24) is 14.6 Å². The molecule has 1 aromatic carbocycles. The van der Waals surface area contributed by atoms with Crippen molar-refractivity contribution in [2.24, 2.45) is 0 Å². The predicted molar refractivity (Wildman–Crippen MR) is 79.4 cm³/mol. The summed E-state index contributed by atoms with van der Waals surface area (Å²) >= 11 is 6.18. The van der Waals surface area contributed by atoms with Gasteiger partial charge in [-0.3, -0.25) is 0 Å². The van der Waals surface area contributed by atoms with Crippen LogP contribution in [-0.4, -0.2) is 27.2 Å². The van der Waals surface area contributed by atoms with Crippen molar-refractivity contribution in [3.05, 3.63) is 53.3 Å². The molecule has 2 aromatic heterocycles. The Morgan fingerprint density at radius 2 is 2.14 bits per heavy atom. The molecule has 3 aromatic rings. The fraction of sp³-hybridized carbons (Fsp3) is 0.133. The van der Waals surface area contributed by atoms with E-state index in [0.717, 1.165) is 5.56 Å². The van der Waals surface area contributed by atoms with Crippen molar-refractivity contribution in [2.75, 3.05) is 6.61 Å². The third-order valence-electron chi connectivity index (χ3n) is 3.01. The van der Waals surface area contributed by atoms with Crippen LogP contribution in [0.15, 0.2) is 42.7 Å². The molecular weight excluding hydrogens is 290 g/mol. The third kappa shape index (κ3) is 2.48. The summed E-state index contributed by atoms with van der Waals surface area (Å²) in [6.45, 7) is 2.06. The predicted octanol–water partition coefficient (Wildman–Crippen LogP) is 3.23. The number of nitrogens with zero attached hydrogens (tertiary/aromatic N) is 3. The van der Waals surface area contributed by atoms with Crippen molar-refractivity contribution in [2.45, 2.75) is 6.92 Å². The molecule has 0 aliphatic heterocycles. The summed E-state index contributed by atoms with van der Waals surface area (Å²) in [5.74, 6) is -0.434. The second kappa shape index (κ2) is 5.54. The van der Waals surface area contributed by atoms with Crippen molar-refractivity contribution in [1.29, 1.82) is 0 Å². The van der Waals surface area contributed by atoms with Gasteiger partial charge >= 0.3 is 5.97 Å². The molecular formula is C15H12ClN3O2. The summed E-state index contributed by atoms with van der Waals surface area (Å²) in [7, 11) is 0. The molecule has 5 nitrogen and oxygen atoms in total. The van der Waals surface area contributed by atoms with E-state index in [0.29, 0.717) is 28.5 Å². The molecule has 0 bridgehead atoms. The molecule has 0 radical (unpaired) electrons. The van der Waals surface area contributed by atoms with Crippen LogP contribution in [0.25, 0.3) is 16.9 Å². The Hall–Kier alpha value is -2.40. The van der Waals surface area contributed by atoms with E-state index in [9.17, 15) is 4.79 Å². The van der Waals surface area contributed by atoms with E-state index in [1.54, 1.807) is 25.3 Å². The molecule has 2 heterocycles. The van der Waals surface area contributed by atoms with Crippen molar-refractivity contribution in [3.8, 4) is 11.3 Å². The quantitative estimate of drug-likeness (QED) is 0.697. The van der Waals surface area contributed by atoms with E-state index in [-0.39, 0.29) is 0 Å². The number of carbonyl (C=O) groups is 1. The molecule has 3 rings (SSSR count). The highest BCUT2D eigenvalue weighted by atomic mass is 35.5. The first kappa shape index (κ1) is 13.6. The first-order chi connectivity index (χ1) is 10.2. The number of esters is 1. The number of fused-ring (bicyclic) bond motifs is 1. The molecule has 0 amide bonds. The number of benzene rings is 1. The van der Waals surface area contributed by atoms with Crippen LogP contribution in [-0.2, 0) is 4.74 Å². The third-order valence-corrected chi connectivity index (χ3v) is 3.34. The molecule has 0 aliphatic rings. The van der Waals surface area contributed by atoms with Crippen LogP contribution in [0.3, 0.4) is 0 Å². The Morgan fingerprint density at radius 1 is 1.33 bits per heavy atom. The lowest BCUT2D eigenvalue weighted by atomic mass is 10.1. The van der Waals surface area contributed by atoms with E-state index in [2.05, 4.69) is 10.1 Å². The average Bonchev–Trinajstić information content (AvgIpc) is 2.91. The molecule has 106 valence electrons. The Morgan fingerprint density at radius 3 is 2.90 bits per heavy atom. The Labute approximate surface area is 126 Å². The second-order valence-corrected chi connectivity index (χ2v) is 4.75. The molecule has 0 fully saturated rings. The van der Waals surface area contributed by atoms with Crippen LogP contribution in [0.4, 0.5) is 0 Å². The Kier molecular flexibility index (Phi) is 3.58. The van der Waals surface area contributed by atoms with Crippen LogP contribution in [0.5, 0.6) is 0 Å². The van der Waals surface area contributed by atoms with E-state index in [4.69, 9.17) is 16.3 Å². The van der Waals surface area contributed by atoms with Gasteiger partial charge < -0.3 is 4.74 Å². The summed E-state index contributed by atoms with van der Waals surface area (Å²) in [5.41, 5.74) is 2.27. The van der Waals surface area contributed by atoms with Gasteiger partial charge in [-0.15, -0.1) is 0 Å². The number of hydrogen-bond acceptors (Lipinski definition) is 4. The second-order valence-electron chi connectivity index (χ2n) is 4.34. The molecule has 6 heteroatoms. The van der Waals surface area contributed by atoms with Crippen molar-refractivity contribution in [3.63, 3.8) is 0 Å². The van der Waals surface area contributed by atoms with Crippen molar-refractivity contribution < 1.29 is 9.53 Å². The fourth-order valence-corrected chi connectivity index (χ4v) is 2.27. The Bertz CT molecular complexity index is 814. The van der Waals surface area contributed by atoms with Crippen LogP contribution in [0, 0.1) is 0 Å². The van der Waals surface area contributed by atoms with Gasteiger partial charge in [0.15, 0.2) is 5.65 Å². The van der Waals surface area contributed by atoms with Gasteiger partial charge in [0.1, 0.15) is 5.56 Å². The van der Waals surface area contributed by atoms with Gasteiger partial charge in [0, 0.05) is 16.8 Å². The largest absolute Gasteiger partial charge is 0.462 e. The molecule has 0 atom stereocenters. The monoisotopic (exact) mass is 301 g/mol. The maximum Gasteiger partial charge on any atom is 0.343 e. The van der Waals surface area contributed by atoms with Crippen molar-refractivity contribution >= 4 is 23.2 Å². The van der Waals surface area contributed by atoms with Crippen LogP contribution < -0.4 is 0 Å². The van der Waals surface area contributed by atoms with E-state index in [1.165, 1.54) is 10.7 Å². The zero-order chi connectivity index (χ0) is 14.8. The molecule has 21 heavy (non-hydrogen) atoms. The van der Waals surface area contributed by atoms with Gasteiger partial charge in [-0.1, -0.05) is 29.8 Å². The number of rotatable bonds is 3. The zero-order valence-corrected chi connectivity index (χ0v) is 12.0. The first-order valence-electron chi connectivity index (χ1n) is 6.47. The van der Waals surface area contributed by atoms with Crippen LogP contribution >= 0.6 is 11.6 Å². The number of hydrogen-bond donors (Lipinski definition) is 0. The number of ether oxygens (including phenoxy) is 1. The lowest BCUT2D eigenvalue weighted by Crippen LogP contribution is -2.05. The van der Waals surface area contributed by atoms with Gasteiger partial charge in [-0.25, -0.2) is 14.3 Å². The maximum atomic E-state index is 11.9. The summed E-state index contributed by atoms with van der Waals surface area (Å²) in [5, 5.41) is 4.70. The number of carbonyl (C=O) groups excluding carboxylic acids is 1.